The molecule has 24 heavy (non-hydrogen) atoms. The van der Waals surface area contributed by atoms with Crippen molar-refractivity contribution in [3.05, 3.63) is 16.5 Å². The second-order valence-electron chi connectivity index (χ2n) is 6.04. The number of carbonyl (C=O) groups is 2. The number of hydrogen-bond acceptors (Lipinski definition) is 6. The van der Waals surface area contributed by atoms with Crippen LogP contribution in [0.5, 0.6) is 0 Å². The molecule has 1 heterocycles. The zero-order chi connectivity index (χ0) is 18.5. The highest BCUT2D eigenvalue weighted by atomic mass is 35.5. The average molecular weight is 395 g/mol. The third kappa shape index (κ3) is 6.48. The maximum Gasteiger partial charge on any atom is 0.272 e. The molecule has 0 saturated heterocycles. The number of rotatable bonds is 7. The van der Waals surface area contributed by atoms with E-state index in [0.29, 0.717) is 11.4 Å². The van der Waals surface area contributed by atoms with E-state index in [1.807, 2.05) is 13.8 Å². The molecule has 2 amide bonds. The zero-order valence-corrected chi connectivity index (χ0v) is 16.5. The molecule has 3 N–H and O–H groups in total. The first-order valence-electron chi connectivity index (χ1n) is 7.29. The fraction of sp³-hybridized carbons (Fsp3) is 0.571. The molecular formula is C14H23ClN4O3S2. The van der Waals surface area contributed by atoms with E-state index in [4.69, 9.17) is 17.3 Å². The van der Waals surface area contributed by atoms with Crippen molar-refractivity contribution in [1.29, 1.82) is 0 Å². The van der Waals surface area contributed by atoms with Crippen molar-refractivity contribution in [3.8, 4) is 0 Å². The van der Waals surface area contributed by atoms with Gasteiger partial charge in [-0.15, -0.1) is 15.7 Å². The van der Waals surface area contributed by atoms with E-state index in [9.17, 15) is 13.8 Å². The molecule has 10 heteroatoms. The van der Waals surface area contributed by atoms with Crippen LogP contribution in [-0.2, 0) is 19.5 Å². The Hall–Kier alpha value is -1.000. The van der Waals surface area contributed by atoms with Gasteiger partial charge in [-0.25, -0.2) is 4.21 Å². The first-order chi connectivity index (χ1) is 11.0. The largest absolute Gasteiger partial charge is 0.320 e. The molecule has 0 radical (unpaired) electrons. The van der Waals surface area contributed by atoms with E-state index >= 15 is 0 Å². The van der Waals surface area contributed by atoms with Crippen LogP contribution in [-0.4, -0.2) is 47.6 Å². The number of nitrogens with two attached hydrogens (primary N) is 1. The number of hydrogen-bond donors (Lipinski definition) is 2. The summed E-state index contributed by atoms with van der Waals surface area (Å²) in [6.07, 6.45) is 0.411. The lowest BCUT2D eigenvalue weighted by Gasteiger charge is -2.15. The molecule has 1 aromatic heterocycles. The second-order valence-corrected chi connectivity index (χ2v) is 9.52. The van der Waals surface area contributed by atoms with Crippen LogP contribution in [0.3, 0.4) is 0 Å². The highest BCUT2D eigenvalue weighted by Gasteiger charge is 2.23. The molecule has 0 aliphatic heterocycles. The third-order valence-electron chi connectivity index (χ3n) is 2.79. The van der Waals surface area contributed by atoms with Gasteiger partial charge in [0.15, 0.2) is 9.92 Å². The minimum atomic E-state index is -3.47. The van der Waals surface area contributed by atoms with Gasteiger partial charge < -0.3 is 10.6 Å². The van der Waals surface area contributed by atoms with Gasteiger partial charge in [0.25, 0.3) is 5.91 Å². The van der Waals surface area contributed by atoms with Gasteiger partial charge in [-0.05, 0) is 32.5 Å². The van der Waals surface area contributed by atoms with Crippen LogP contribution in [0.1, 0.15) is 20.3 Å². The summed E-state index contributed by atoms with van der Waals surface area (Å²) in [6, 6.07) is 0.557. The molecule has 1 unspecified atom stereocenters. The van der Waals surface area contributed by atoms with Crippen molar-refractivity contribution >= 4 is 44.7 Å². The number of likely N-dealkylation sites (N-methyl/N-ethyl adjacent to an activating group) is 1. The van der Waals surface area contributed by atoms with Crippen molar-refractivity contribution in [2.75, 3.05) is 20.6 Å². The molecule has 0 spiro atoms. The van der Waals surface area contributed by atoms with Crippen molar-refractivity contribution in [3.63, 3.8) is 0 Å². The molecule has 0 aliphatic carbocycles. The van der Waals surface area contributed by atoms with Crippen LogP contribution < -0.4 is 10.5 Å². The summed E-state index contributed by atoms with van der Waals surface area (Å²) in [6.45, 7) is 3.85. The van der Waals surface area contributed by atoms with Gasteiger partial charge in [-0.2, -0.15) is 0 Å². The standard InChI is InChI=1S/C14H23ClN4O3S2/c1-9(2)5-11(16)14(21)18-24(22,13-6-10(15)8-23-13)17-12(20)7-19(3)4/h6,8-9,11H,5,7,16H2,1-4H3,(H,17,18,20,21,22)/t11-,24?/m0/s1. The maximum absolute atomic E-state index is 13.2. The Morgan fingerprint density at radius 1 is 1.46 bits per heavy atom. The number of thiophene rings is 1. The van der Waals surface area contributed by atoms with Crippen LogP contribution in [0.25, 0.3) is 0 Å². The number of carbonyl (C=O) groups excluding carboxylic acids is 2. The molecule has 0 aliphatic rings. The first-order valence-corrected chi connectivity index (χ1v) is 10.1. The maximum atomic E-state index is 13.2. The molecular weight excluding hydrogens is 372 g/mol. The van der Waals surface area contributed by atoms with Crippen molar-refractivity contribution in [1.82, 2.24) is 9.62 Å². The Bertz CT molecular complexity index is 709. The Kier molecular flexibility index (Phi) is 7.81. The highest BCUT2D eigenvalue weighted by Crippen LogP contribution is 2.25. The van der Waals surface area contributed by atoms with Crippen LogP contribution in [0.4, 0.5) is 0 Å². The lowest BCUT2D eigenvalue weighted by atomic mass is 10.0. The summed E-state index contributed by atoms with van der Waals surface area (Å²) in [5.74, 6) is -1.03. The van der Waals surface area contributed by atoms with E-state index < -0.39 is 27.8 Å². The predicted octanol–water partition coefficient (Wildman–Crippen LogP) is 1.72. The minimum absolute atomic E-state index is 0.0118. The second kappa shape index (κ2) is 8.91. The van der Waals surface area contributed by atoms with E-state index in [0.717, 1.165) is 11.3 Å². The van der Waals surface area contributed by atoms with Crippen molar-refractivity contribution in [2.24, 2.45) is 16.0 Å². The smallest absolute Gasteiger partial charge is 0.272 e. The first kappa shape index (κ1) is 21.0. The van der Waals surface area contributed by atoms with Crippen molar-refractivity contribution < 1.29 is 13.8 Å². The fourth-order valence-corrected chi connectivity index (χ4v) is 4.89. The molecule has 1 rings (SSSR count). The molecule has 0 bridgehead atoms. The quantitative estimate of drug-likeness (QED) is 0.732. The fourth-order valence-electron chi connectivity index (χ4n) is 1.84. The number of nitrogens with zero attached hydrogens (tertiary/aromatic N) is 2. The molecule has 1 aromatic rings. The molecule has 0 fully saturated rings. The Morgan fingerprint density at radius 2 is 2.08 bits per heavy atom. The molecule has 0 aromatic carbocycles. The molecule has 136 valence electrons. The van der Waals surface area contributed by atoms with Gasteiger partial charge in [-0.3, -0.25) is 14.3 Å². The summed E-state index contributed by atoms with van der Waals surface area (Å²) in [4.78, 5) is 25.8. The SMILES string of the molecule is CC(C)C[C@H](N)C(=O)N=S(=O)(NC(=O)CN(C)C)c1cc(Cl)cs1. The number of nitrogens with one attached hydrogen (secondary N) is 1. The van der Waals surface area contributed by atoms with Gasteiger partial charge in [0.2, 0.25) is 5.91 Å². The van der Waals surface area contributed by atoms with Crippen LogP contribution >= 0.6 is 22.9 Å². The lowest BCUT2D eigenvalue weighted by molar-refractivity contribution is -0.120. The predicted molar refractivity (Wildman–Crippen MR) is 97.3 cm³/mol. The van der Waals surface area contributed by atoms with E-state index in [1.54, 1.807) is 24.4 Å². The summed E-state index contributed by atoms with van der Waals surface area (Å²) in [5, 5.41) is 1.92. The van der Waals surface area contributed by atoms with E-state index in [2.05, 4.69) is 9.08 Å². The number of halogens is 1. The molecule has 0 saturated carbocycles. The van der Waals surface area contributed by atoms with E-state index in [1.165, 1.54) is 6.07 Å². The van der Waals surface area contributed by atoms with Crippen LogP contribution in [0.2, 0.25) is 5.02 Å². The van der Waals surface area contributed by atoms with Crippen molar-refractivity contribution in [2.45, 2.75) is 30.5 Å². The summed E-state index contributed by atoms with van der Waals surface area (Å²) in [5.41, 5.74) is 5.81. The Labute approximate surface area is 151 Å². The van der Waals surface area contributed by atoms with E-state index in [-0.39, 0.29) is 16.7 Å². The Morgan fingerprint density at radius 3 is 2.54 bits per heavy atom. The van der Waals surface area contributed by atoms with Gasteiger partial charge in [0.1, 0.15) is 4.21 Å². The zero-order valence-electron chi connectivity index (χ0n) is 14.1. The normalized spacial score (nSPS) is 15.2. The van der Waals surface area contributed by atoms with Crippen LogP contribution in [0.15, 0.2) is 20.0 Å². The number of amides is 2. The monoisotopic (exact) mass is 394 g/mol. The molecule has 7 nitrogen and oxygen atoms in total. The van der Waals surface area contributed by atoms with Gasteiger partial charge >= 0.3 is 0 Å². The third-order valence-corrected chi connectivity index (χ3v) is 6.43. The highest BCUT2D eigenvalue weighted by molar-refractivity contribution is 7.94. The summed E-state index contributed by atoms with van der Waals surface area (Å²) in [7, 11) is -0.0711. The molecule has 2 atom stereocenters. The topological polar surface area (TPSA) is 105 Å². The van der Waals surface area contributed by atoms with Gasteiger partial charge in [0.05, 0.1) is 17.6 Å². The summed E-state index contributed by atoms with van der Waals surface area (Å²) >= 11 is 6.93. The van der Waals surface area contributed by atoms with Crippen LogP contribution in [0, 0.1) is 5.92 Å². The average Bonchev–Trinajstić information content (AvgIpc) is 2.83. The Balaban J connectivity index is 3.18. The minimum Gasteiger partial charge on any atom is -0.320 e. The lowest BCUT2D eigenvalue weighted by Crippen LogP contribution is -2.38. The van der Waals surface area contributed by atoms with Gasteiger partial charge in [0, 0.05) is 5.38 Å². The summed E-state index contributed by atoms with van der Waals surface area (Å²) < 4.78 is 19.5. The van der Waals surface area contributed by atoms with Gasteiger partial charge in [-0.1, -0.05) is 25.4 Å².